The minimum Gasteiger partial charge on any atom is -0.497 e. The number of ether oxygens (including phenoxy) is 1. The van der Waals surface area contributed by atoms with Crippen molar-refractivity contribution < 1.29 is 23.1 Å². The van der Waals surface area contributed by atoms with Crippen LogP contribution in [0.1, 0.15) is 32.8 Å². The van der Waals surface area contributed by atoms with Crippen LogP contribution in [-0.4, -0.2) is 41.9 Å². The molecule has 1 atom stereocenters. The summed E-state index contributed by atoms with van der Waals surface area (Å²) < 4.78 is 32.9. The van der Waals surface area contributed by atoms with Crippen LogP contribution in [0.4, 0.5) is 0 Å². The Bertz CT molecular complexity index is 890. The lowest BCUT2D eigenvalue weighted by Crippen LogP contribution is -2.46. The van der Waals surface area contributed by atoms with Crippen LogP contribution in [0.3, 0.4) is 0 Å². The maximum Gasteiger partial charge on any atom is 0.322 e. The molecule has 0 amide bonds. The smallest absolute Gasteiger partial charge is 0.322 e. The van der Waals surface area contributed by atoms with Gasteiger partial charge in [0.25, 0.3) is 0 Å². The van der Waals surface area contributed by atoms with Crippen LogP contribution in [0.5, 0.6) is 5.75 Å². The monoisotopic (exact) mass is 406 g/mol. The highest BCUT2D eigenvalue weighted by molar-refractivity contribution is 7.89. The Morgan fingerprint density at radius 3 is 2.32 bits per heavy atom. The number of pyridine rings is 1. The number of benzene rings is 1. The summed E-state index contributed by atoms with van der Waals surface area (Å²) >= 11 is 0. The fraction of sp³-hybridized carbons (Fsp3) is 0.400. The first-order valence-electron chi connectivity index (χ1n) is 8.82. The molecule has 2 rings (SSSR count). The van der Waals surface area contributed by atoms with Gasteiger partial charge < -0.3 is 9.84 Å². The van der Waals surface area contributed by atoms with Crippen molar-refractivity contribution in [1.82, 2.24) is 9.29 Å². The van der Waals surface area contributed by atoms with Crippen LogP contribution >= 0.6 is 0 Å². The molecule has 0 bridgehead atoms. The van der Waals surface area contributed by atoms with Gasteiger partial charge in [0.15, 0.2) is 0 Å². The van der Waals surface area contributed by atoms with E-state index in [1.54, 1.807) is 18.3 Å². The van der Waals surface area contributed by atoms with Gasteiger partial charge in [-0.2, -0.15) is 4.31 Å². The summed E-state index contributed by atoms with van der Waals surface area (Å²) in [6.07, 6.45) is 3.28. The van der Waals surface area contributed by atoms with E-state index in [-0.39, 0.29) is 23.3 Å². The Labute approximate surface area is 166 Å². The lowest BCUT2D eigenvalue weighted by atomic mass is 9.88. The van der Waals surface area contributed by atoms with Crippen molar-refractivity contribution in [2.45, 2.75) is 44.7 Å². The quantitative estimate of drug-likeness (QED) is 0.723. The van der Waals surface area contributed by atoms with Gasteiger partial charge in [0.05, 0.1) is 12.0 Å². The van der Waals surface area contributed by atoms with Crippen LogP contribution < -0.4 is 4.74 Å². The van der Waals surface area contributed by atoms with Gasteiger partial charge >= 0.3 is 5.97 Å². The minimum absolute atomic E-state index is 0.0114. The molecule has 0 aliphatic heterocycles. The van der Waals surface area contributed by atoms with Gasteiger partial charge in [0.1, 0.15) is 11.8 Å². The molecule has 0 saturated heterocycles. The highest BCUT2D eigenvalue weighted by atomic mass is 32.2. The fourth-order valence-corrected chi connectivity index (χ4v) is 4.38. The van der Waals surface area contributed by atoms with Crippen LogP contribution in [0.25, 0.3) is 0 Å². The molecule has 0 spiro atoms. The number of sulfonamides is 1. The van der Waals surface area contributed by atoms with Crippen molar-refractivity contribution in [3.05, 3.63) is 54.4 Å². The van der Waals surface area contributed by atoms with Gasteiger partial charge in [0.2, 0.25) is 10.0 Å². The summed E-state index contributed by atoms with van der Waals surface area (Å²) in [5, 5.41) is 9.84. The molecule has 2 aromatic rings. The molecule has 1 aromatic carbocycles. The molecule has 0 fully saturated rings. The van der Waals surface area contributed by atoms with E-state index in [1.165, 1.54) is 37.6 Å². The average molecular weight is 407 g/mol. The van der Waals surface area contributed by atoms with Gasteiger partial charge in [-0.1, -0.05) is 26.8 Å². The number of carboxylic acid groups (broad SMARTS) is 1. The first kappa shape index (κ1) is 21.8. The maximum atomic E-state index is 13.4. The Balaban J connectivity index is 2.52. The molecule has 152 valence electrons. The van der Waals surface area contributed by atoms with E-state index in [4.69, 9.17) is 4.74 Å². The van der Waals surface area contributed by atoms with E-state index in [9.17, 15) is 18.3 Å². The number of rotatable bonds is 8. The molecule has 28 heavy (non-hydrogen) atoms. The molecule has 0 saturated carbocycles. The summed E-state index contributed by atoms with van der Waals surface area (Å²) in [5.41, 5.74) is 0.228. The lowest BCUT2D eigenvalue weighted by molar-refractivity contribution is -0.142. The first-order valence-corrected chi connectivity index (χ1v) is 10.3. The zero-order valence-corrected chi connectivity index (χ0v) is 17.3. The number of hydrogen-bond acceptors (Lipinski definition) is 5. The second-order valence-electron chi connectivity index (χ2n) is 7.71. The summed E-state index contributed by atoms with van der Waals surface area (Å²) in [6.45, 7) is 5.55. The van der Waals surface area contributed by atoms with E-state index in [1.807, 2.05) is 20.8 Å². The summed E-state index contributed by atoms with van der Waals surface area (Å²) in [7, 11) is -2.58. The number of nitrogens with zero attached hydrogens (tertiary/aromatic N) is 2. The third kappa shape index (κ3) is 5.53. The molecular formula is C20H26N2O5S. The highest BCUT2D eigenvalue weighted by Gasteiger charge is 2.38. The van der Waals surface area contributed by atoms with Crippen LogP contribution in [0.15, 0.2) is 53.7 Å². The van der Waals surface area contributed by atoms with Gasteiger partial charge in [-0.15, -0.1) is 0 Å². The van der Waals surface area contributed by atoms with Gasteiger partial charge in [-0.25, -0.2) is 8.42 Å². The Hall–Kier alpha value is -2.45. The van der Waals surface area contributed by atoms with E-state index in [2.05, 4.69) is 4.98 Å². The van der Waals surface area contributed by atoms with Crippen LogP contribution in [-0.2, 0) is 21.4 Å². The Morgan fingerprint density at radius 1 is 1.21 bits per heavy atom. The molecule has 7 nitrogen and oxygen atoms in total. The van der Waals surface area contributed by atoms with E-state index >= 15 is 0 Å². The number of carboxylic acids is 1. The number of methoxy groups -OCH3 is 1. The highest BCUT2D eigenvalue weighted by Crippen LogP contribution is 2.29. The number of aromatic nitrogens is 1. The zero-order chi connectivity index (χ0) is 20.9. The Kier molecular flexibility index (Phi) is 6.79. The summed E-state index contributed by atoms with van der Waals surface area (Å²) in [5.74, 6) is -0.668. The molecule has 8 heteroatoms. The van der Waals surface area contributed by atoms with E-state index in [0.717, 1.165) is 4.31 Å². The molecule has 1 N–H and O–H groups in total. The molecule has 1 heterocycles. The number of carbonyl (C=O) groups is 1. The molecule has 0 aliphatic rings. The van der Waals surface area contributed by atoms with Crippen molar-refractivity contribution in [1.29, 1.82) is 0 Å². The fourth-order valence-electron chi connectivity index (χ4n) is 2.81. The van der Waals surface area contributed by atoms with Crippen molar-refractivity contribution in [3.63, 3.8) is 0 Å². The van der Waals surface area contributed by atoms with Crippen molar-refractivity contribution in [2.24, 2.45) is 5.41 Å². The average Bonchev–Trinajstić information content (AvgIpc) is 2.64. The second-order valence-corrected chi connectivity index (χ2v) is 9.60. The topological polar surface area (TPSA) is 96.8 Å². The Morgan fingerprint density at radius 2 is 1.86 bits per heavy atom. The van der Waals surface area contributed by atoms with Crippen molar-refractivity contribution in [2.75, 3.05) is 7.11 Å². The van der Waals surface area contributed by atoms with Crippen LogP contribution in [0.2, 0.25) is 0 Å². The summed E-state index contributed by atoms with van der Waals surface area (Å²) in [4.78, 5) is 16.1. The van der Waals surface area contributed by atoms with Gasteiger partial charge in [0, 0.05) is 18.9 Å². The molecule has 0 radical (unpaired) electrons. The van der Waals surface area contributed by atoms with Gasteiger partial charge in [-0.3, -0.25) is 9.78 Å². The summed E-state index contributed by atoms with van der Waals surface area (Å²) in [6, 6.07) is 8.10. The minimum atomic E-state index is -4.07. The third-order valence-corrected chi connectivity index (χ3v) is 6.03. The third-order valence-electron chi connectivity index (χ3n) is 4.17. The molecular weight excluding hydrogens is 380 g/mol. The lowest BCUT2D eigenvalue weighted by Gasteiger charge is -2.32. The van der Waals surface area contributed by atoms with Gasteiger partial charge in [-0.05, 0) is 47.7 Å². The predicted octanol–water partition coefficient (Wildman–Crippen LogP) is 3.17. The standard InChI is InChI=1S/C20H26N2O5S/c1-20(2,3)12-18(19(23)24)22(14-15-6-5-11-21-13-15)28(25,26)17-9-7-16(27-4)8-10-17/h5-11,13,18H,12,14H2,1-4H3,(H,23,24)/t18-/m1/s1. The zero-order valence-electron chi connectivity index (χ0n) is 16.5. The van der Waals surface area contributed by atoms with E-state index in [0.29, 0.717) is 11.3 Å². The first-order chi connectivity index (χ1) is 13.0. The number of hydrogen-bond donors (Lipinski definition) is 1. The molecule has 1 aromatic heterocycles. The molecule has 0 aliphatic carbocycles. The van der Waals surface area contributed by atoms with Crippen LogP contribution in [0, 0.1) is 5.41 Å². The largest absolute Gasteiger partial charge is 0.497 e. The normalized spacial score (nSPS) is 13.3. The SMILES string of the molecule is COc1ccc(S(=O)(=O)N(Cc2cccnc2)[C@H](CC(C)(C)C)C(=O)O)cc1. The van der Waals surface area contributed by atoms with E-state index < -0.39 is 22.0 Å². The number of aliphatic carboxylic acids is 1. The van der Waals surface area contributed by atoms with Crippen molar-refractivity contribution in [3.8, 4) is 5.75 Å². The molecule has 0 unspecified atom stereocenters. The predicted molar refractivity (Wildman–Crippen MR) is 105 cm³/mol. The second kappa shape index (κ2) is 8.70. The van der Waals surface area contributed by atoms with Crippen molar-refractivity contribution >= 4 is 16.0 Å². The maximum absolute atomic E-state index is 13.4.